The van der Waals surface area contributed by atoms with Crippen molar-refractivity contribution >= 4 is 34.2 Å². The SMILES string of the molecule is Cc1nc(-c2ccc(Cl)c(-c3ccc4[nH]nc(NC(=O)[C@@H]5CCCNC5)c4c3)c2)no1. The number of aromatic nitrogens is 4. The number of hydrogen-bond donors (Lipinski definition) is 3. The molecule has 4 aromatic rings. The van der Waals surface area contributed by atoms with Gasteiger partial charge in [-0.1, -0.05) is 22.8 Å². The summed E-state index contributed by atoms with van der Waals surface area (Å²) in [6.45, 7) is 3.40. The number of aryl methyl sites for hydroxylation is 1. The van der Waals surface area contributed by atoms with Gasteiger partial charge in [0, 0.05) is 35.0 Å². The van der Waals surface area contributed by atoms with E-state index in [0.29, 0.717) is 29.1 Å². The zero-order valence-corrected chi connectivity index (χ0v) is 17.7. The van der Waals surface area contributed by atoms with E-state index in [-0.39, 0.29) is 11.8 Å². The van der Waals surface area contributed by atoms with E-state index >= 15 is 0 Å². The van der Waals surface area contributed by atoms with Gasteiger partial charge in [0.15, 0.2) is 5.82 Å². The van der Waals surface area contributed by atoms with Crippen LogP contribution in [0.2, 0.25) is 5.02 Å². The van der Waals surface area contributed by atoms with E-state index in [0.717, 1.165) is 47.0 Å². The summed E-state index contributed by atoms with van der Waals surface area (Å²) >= 11 is 6.51. The minimum atomic E-state index is -0.0479. The minimum absolute atomic E-state index is 0.0153. The summed E-state index contributed by atoms with van der Waals surface area (Å²) in [4.78, 5) is 17.0. The molecule has 1 atom stereocenters. The molecule has 1 saturated heterocycles. The van der Waals surface area contributed by atoms with Crippen LogP contribution in [0.5, 0.6) is 0 Å². The molecule has 3 N–H and O–H groups in total. The normalized spacial score (nSPS) is 16.5. The van der Waals surface area contributed by atoms with Crippen LogP contribution in [0, 0.1) is 12.8 Å². The highest BCUT2D eigenvalue weighted by molar-refractivity contribution is 6.33. The van der Waals surface area contributed by atoms with Gasteiger partial charge in [-0.15, -0.1) is 0 Å². The van der Waals surface area contributed by atoms with Crippen LogP contribution in [0.3, 0.4) is 0 Å². The molecule has 2 aromatic heterocycles. The lowest BCUT2D eigenvalue weighted by Crippen LogP contribution is -2.37. The third-order valence-corrected chi connectivity index (χ3v) is 5.86. The lowest BCUT2D eigenvalue weighted by molar-refractivity contribution is -0.120. The molecule has 9 heteroatoms. The number of benzene rings is 2. The Morgan fingerprint density at radius 1 is 1.23 bits per heavy atom. The lowest BCUT2D eigenvalue weighted by atomic mass is 9.98. The fraction of sp³-hybridized carbons (Fsp3) is 0.273. The quantitative estimate of drug-likeness (QED) is 0.442. The van der Waals surface area contributed by atoms with Gasteiger partial charge in [-0.25, -0.2) is 0 Å². The summed E-state index contributed by atoms with van der Waals surface area (Å²) in [5, 5.41) is 19.0. The van der Waals surface area contributed by atoms with E-state index in [1.807, 2.05) is 36.4 Å². The number of carbonyl (C=O) groups is 1. The zero-order valence-electron chi connectivity index (χ0n) is 16.9. The summed E-state index contributed by atoms with van der Waals surface area (Å²) in [5.74, 6) is 1.47. The highest BCUT2D eigenvalue weighted by Gasteiger charge is 2.22. The van der Waals surface area contributed by atoms with Crippen LogP contribution in [0.1, 0.15) is 18.7 Å². The third kappa shape index (κ3) is 3.92. The number of anilines is 1. The second-order valence-electron chi connectivity index (χ2n) is 7.70. The maximum absolute atomic E-state index is 12.7. The Morgan fingerprint density at radius 2 is 2.10 bits per heavy atom. The van der Waals surface area contributed by atoms with Crippen molar-refractivity contribution in [1.29, 1.82) is 0 Å². The van der Waals surface area contributed by atoms with Crippen LogP contribution in [0.25, 0.3) is 33.4 Å². The molecule has 0 bridgehead atoms. The molecule has 0 saturated carbocycles. The number of H-pyrrole nitrogens is 1. The fourth-order valence-corrected chi connectivity index (χ4v) is 4.10. The maximum atomic E-state index is 12.7. The van der Waals surface area contributed by atoms with Crippen molar-refractivity contribution < 1.29 is 9.32 Å². The predicted molar refractivity (Wildman–Crippen MR) is 119 cm³/mol. The van der Waals surface area contributed by atoms with E-state index in [1.165, 1.54) is 0 Å². The van der Waals surface area contributed by atoms with Crippen molar-refractivity contribution in [3.05, 3.63) is 47.3 Å². The Labute approximate surface area is 183 Å². The van der Waals surface area contributed by atoms with E-state index in [9.17, 15) is 4.79 Å². The van der Waals surface area contributed by atoms with Gasteiger partial charge in [0.25, 0.3) is 0 Å². The number of hydrogen-bond acceptors (Lipinski definition) is 6. The van der Waals surface area contributed by atoms with Gasteiger partial charge in [-0.05, 0) is 55.3 Å². The number of rotatable bonds is 4. The average Bonchev–Trinajstić information content (AvgIpc) is 3.40. The second-order valence-corrected chi connectivity index (χ2v) is 8.10. The van der Waals surface area contributed by atoms with Crippen molar-refractivity contribution in [2.75, 3.05) is 18.4 Å². The largest absolute Gasteiger partial charge is 0.339 e. The summed E-state index contributed by atoms with van der Waals surface area (Å²) in [6.07, 6.45) is 1.88. The first kappa shape index (κ1) is 19.7. The molecule has 0 spiro atoms. The van der Waals surface area contributed by atoms with Gasteiger partial charge in [-0.2, -0.15) is 10.1 Å². The number of fused-ring (bicyclic) bond motifs is 1. The molecule has 2 aromatic carbocycles. The summed E-state index contributed by atoms with van der Waals surface area (Å²) in [7, 11) is 0. The Balaban J connectivity index is 1.48. The maximum Gasteiger partial charge on any atom is 0.229 e. The third-order valence-electron chi connectivity index (χ3n) is 5.54. The molecule has 0 radical (unpaired) electrons. The van der Waals surface area contributed by atoms with Gasteiger partial charge in [0.2, 0.25) is 17.6 Å². The van der Waals surface area contributed by atoms with E-state index in [2.05, 4.69) is 31.0 Å². The Hall–Kier alpha value is -3.23. The van der Waals surface area contributed by atoms with Crippen molar-refractivity contribution in [2.24, 2.45) is 5.92 Å². The highest BCUT2D eigenvalue weighted by Crippen LogP contribution is 2.34. The molecule has 1 aliphatic heterocycles. The number of piperidine rings is 1. The summed E-state index contributed by atoms with van der Waals surface area (Å²) < 4.78 is 5.09. The van der Waals surface area contributed by atoms with Gasteiger partial charge in [-0.3, -0.25) is 9.89 Å². The molecule has 0 unspecified atom stereocenters. The highest BCUT2D eigenvalue weighted by atomic mass is 35.5. The summed E-state index contributed by atoms with van der Waals surface area (Å²) in [5.41, 5.74) is 3.37. The van der Waals surface area contributed by atoms with Crippen LogP contribution in [-0.4, -0.2) is 39.3 Å². The number of amides is 1. The first-order chi connectivity index (χ1) is 15.1. The Bertz CT molecular complexity index is 1260. The van der Waals surface area contributed by atoms with Gasteiger partial charge >= 0.3 is 0 Å². The standard InChI is InChI=1S/C22H21ClN6O2/c1-12-25-20(29-31-12)14-4-6-18(23)16(10-14)13-5-7-19-17(9-13)21(28-27-19)26-22(30)15-3-2-8-24-11-15/h4-7,9-10,15,24H,2-3,8,11H2,1H3,(H2,26,27,28,30)/t15-/m1/s1. The van der Waals surface area contributed by atoms with Gasteiger partial charge in [0.1, 0.15) is 0 Å². The molecule has 8 nitrogen and oxygen atoms in total. The molecule has 31 heavy (non-hydrogen) atoms. The van der Waals surface area contributed by atoms with E-state index in [1.54, 1.807) is 6.92 Å². The van der Waals surface area contributed by atoms with Crippen LogP contribution < -0.4 is 10.6 Å². The fourth-order valence-electron chi connectivity index (χ4n) is 3.87. The van der Waals surface area contributed by atoms with E-state index in [4.69, 9.17) is 16.1 Å². The molecule has 1 aliphatic rings. The first-order valence-corrected chi connectivity index (χ1v) is 10.6. The van der Waals surface area contributed by atoms with Crippen LogP contribution in [0.4, 0.5) is 5.82 Å². The second kappa shape index (κ2) is 8.13. The molecule has 5 rings (SSSR count). The molecular weight excluding hydrogens is 416 g/mol. The van der Waals surface area contributed by atoms with Crippen molar-refractivity contribution in [2.45, 2.75) is 19.8 Å². The molecule has 3 heterocycles. The average molecular weight is 437 g/mol. The predicted octanol–water partition coefficient (Wildman–Crippen LogP) is 4.18. The molecular formula is C22H21ClN6O2. The Morgan fingerprint density at radius 3 is 2.87 bits per heavy atom. The molecule has 1 fully saturated rings. The minimum Gasteiger partial charge on any atom is -0.339 e. The number of nitrogens with one attached hydrogen (secondary N) is 3. The first-order valence-electron chi connectivity index (χ1n) is 10.2. The van der Waals surface area contributed by atoms with Crippen molar-refractivity contribution in [3.63, 3.8) is 0 Å². The number of carbonyl (C=O) groups excluding carboxylic acids is 1. The zero-order chi connectivity index (χ0) is 21.4. The van der Waals surface area contributed by atoms with Gasteiger partial charge < -0.3 is 15.2 Å². The Kier molecular flexibility index (Phi) is 5.17. The number of halogens is 1. The molecule has 1 amide bonds. The van der Waals surface area contributed by atoms with E-state index < -0.39 is 0 Å². The smallest absolute Gasteiger partial charge is 0.229 e. The van der Waals surface area contributed by atoms with Crippen LogP contribution >= 0.6 is 11.6 Å². The monoisotopic (exact) mass is 436 g/mol. The molecule has 158 valence electrons. The van der Waals surface area contributed by atoms with Crippen molar-refractivity contribution in [3.8, 4) is 22.5 Å². The van der Waals surface area contributed by atoms with Crippen LogP contribution in [0.15, 0.2) is 40.9 Å². The number of aromatic amines is 1. The van der Waals surface area contributed by atoms with Crippen LogP contribution in [-0.2, 0) is 4.79 Å². The topological polar surface area (TPSA) is 109 Å². The lowest BCUT2D eigenvalue weighted by Gasteiger charge is -2.21. The number of nitrogens with zero attached hydrogens (tertiary/aromatic N) is 3. The van der Waals surface area contributed by atoms with Crippen molar-refractivity contribution in [1.82, 2.24) is 25.7 Å². The summed E-state index contributed by atoms with van der Waals surface area (Å²) in [6, 6.07) is 11.5. The van der Waals surface area contributed by atoms with Gasteiger partial charge in [0.05, 0.1) is 11.4 Å². The molecule has 0 aliphatic carbocycles.